The fourth-order valence-electron chi connectivity index (χ4n) is 3.15. The molecule has 1 aromatic carbocycles. The van der Waals surface area contributed by atoms with Gasteiger partial charge in [-0.2, -0.15) is 4.31 Å². The van der Waals surface area contributed by atoms with Gasteiger partial charge in [0.1, 0.15) is 0 Å². The van der Waals surface area contributed by atoms with Crippen LogP contribution in [0.25, 0.3) is 0 Å². The van der Waals surface area contributed by atoms with Crippen molar-refractivity contribution in [2.75, 3.05) is 33.4 Å². The zero-order valence-corrected chi connectivity index (χ0v) is 18.6. The summed E-state index contributed by atoms with van der Waals surface area (Å²) in [5.41, 5.74) is 0. The molecule has 13 heteroatoms. The number of hydrogen-bond donors (Lipinski definition) is 1. The second-order valence-corrected chi connectivity index (χ2v) is 10.3. The summed E-state index contributed by atoms with van der Waals surface area (Å²) in [6, 6.07) is 4.74. The first-order valence-corrected chi connectivity index (χ1v) is 12.3. The second kappa shape index (κ2) is 8.98. The van der Waals surface area contributed by atoms with E-state index in [0.29, 0.717) is 25.6 Å². The van der Waals surface area contributed by atoms with Crippen molar-refractivity contribution in [3.05, 3.63) is 30.1 Å². The molecule has 1 atom stereocenters. The Morgan fingerprint density at radius 2 is 1.70 bits per heavy atom. The van der Waals surface area contributed by atoms with Gasteiger partial charge in [-0.25, -0.2) is 21.6 Å². The normalized spacial score (nSPS) is 17.0. The molecule has 0 spiro atoms. The summed E-state index contributed by atoms with van der Waals surface area (Å²) in [7, 11) is -6.15. The quantitative estimate of drug-likeness (QED) is 0.599. The number of rotatable bonds is 8. The lowest BCUT2D eigenvalue weighted by Crippen LogP contribution is -2.40. The number of aromatic nitrogens is 3. The van der Waals surface area contributed by atoms with Crippen LogP contribution in [-0.2, 0) is 31.3 Å². The molecule has 3 rings (SSSR count). The molecule has 11 nitrogen and oxygen atoms in total. The van der Waals surface area contributed by atoms with E-state index in [4.69, 9.17) is 9.47 Å². The highest BCUT2D eigenvalue weighted by atomic mass is 32.2. The number of benzene rings is 1. The third-order valence-corrected chi connectivity index (χ3v) is 8.17. The average Bonchev–Trinajstić information content (AvgIpc) is 3.17. The minimum Gasteiger partial charge on any atom is -0.467 e. The number of sulfonamides is 2. The Hall–Kier alpha value is -2.06. The van der Waals surface area contributed by atoms with Crippen LogP contribution in [0.3, 0.4) is 0 Å². The Balaban J connectivity index is 1.79. The summed E-state index contributed by atoms with van der Waals surface area (Å²) in [4.78, 5) is -0.0170. The molecular weight excluding hydrogens is 434 g/mol. The third kappa shape index (κ3) is 4.49. The molecule has 1 fully saturated rings. The second-order valence-electron chi connectivity index (χ2n) is 6.62. The van der Waals surface area contributed by atoms with Crippen LogP contribution in [-0.4, -0.2) is 69.3 Å². The van der Waals surface area contributed by atoms with E-state index in [0.717, 1.165) is 0 Å². The van der Waals surface area contributed by atoms with Crippen molar-refractivity contribution in [1.29, 1.82) is 0 Å². The van der Waals surface area contributed by atoms with Gasteiger partial charge in [-0.3, -0.25) is 4.57 Å². The first-order valence-electron chi connectivity index (χ1n) is 9.38. The summed E-state index contributed by atoms with van der Waals surface area (Å²) >= 11 is 0. The van der Waals surface area contributed by atoms with Crippen LogP contribution < -0.4 is 9.46 Å². The molecule has 166 valence electrons. The number of hydrogen-bond acceptors (Lipinski definition) is 8. The van der Waals surface area contributed by atoms with E-state index in [1.54, 1.807) is 11.5 Å². The minimum absolute atomic E-state index is 0.0341. The van der Waals surface area contributed by atoms with E-state index in [-0.39, 0.29) is 28.9 Å². The molecule has 2 heterocycles. The van der Waals surface area contributed by atoms with Gasteiger partial charge in [0.15, 0.2) is 5.82 Å². The van der Waals surface area contributed by atoms with Crippen LogP contribution in [0.1, 0.15) is 25.7 Å². The van der Waals surface area contributed by atoms with Gasteiger partial charge in [0.25, 0.3) is 0 Å². The molecule has 1 saturated heterocycles. The predicted molar refractivity (Wildman–Crippen MR) is 107 cm³/mol. The largest absolute Gasteiger partial charge is 0.467 e. The lowest BCUT2D eigenvalue weighted by atomic mass is 10.3. The fourth-order valence-corrected chi connectivity index (χ4v) is 5.76. The van der Waals surface area contributed by atoms with Crippen molar-refractivity contribution in [3.63, 3.8) is 0 Å². The monoisotopic (exact) mass is 459 g/mol. The molecule has 30 heavy (non-hydrogen) atoms. The van der Waals surface area contributed by atoms with Gasteiger partial charge in [-0.05, 0) is 38.1 Å². The standard InChI is InChI=1S/C17H25N5O6S2/c1-4-22-16(18-19-17(22)27-3)13(2)20-29(23,24)14-5-7-15(8-6-14)30(25,26)21-9-11-28-12-10-21/h5-8,13,20H,4,9-12H2,1-3H3/t13-/m1/s1. The third-order valence-electron chi connectivity index (χ3n) is 4.71. The van der Waals surface area contributed by atoms with Gasteiger partial charge >= 0.3 is 6.01 Å². The Morgan fingerprint density at radius 3 is 2.27 bits per heavy atom. The SMILES string of the molecule is CCn1c(OC)nnc1[C@@H](C)NS(=O)(=O)c1ccc(S(=O)(=O)N2CCOCC2)cc1. The highest BCUT2D eigenvalue weighted by Gasteiger charge is 2.28. The molecule has 0 saturated carbocycles. The topological polar surface area (TPSA) is 133 Å². The maximum atomic E-state index is 12.8. The number of nitrogens with one attached hydrogen (secondary N) is 1. The van der Waals surface area contributed by atoms with Crippen molar-refractivity contribution in [3.8, 4) is 6.01 Å². The van der Waals surface area contributed by atoms with Gasteiger partial charge in [-0.15, -0.1) is 5.10 Å². The summed E-state index contributed by atoms with van der Waals surface area (Å²) < 4.78 is 66.8. The van der Waals surface area contributed by atoms with Crippen molar-refractivity contribution < 1.29 is 26.3 Å². The van der Waals surface area contributed by atoms with Gasteiger partial charge in [-0.1, -0.05) is 5.10 Å². The van der Waals surface area contributed by atoms with Crippen LogP contribution in [0.2, 0.25) is 0 Å². The van der Waals surface area contributed by atoms with Crippen LogP contribution in [0.4, 0.5) is 0 Å². The number of methoxy groups -OCH3 is 1. The summed E-state index contributed by atoms with van der Waals surface area (Å²) in [5, 5.41) is 7.89. The Kier molecular flexibility index (Phi) is 6.77. The lowest BCUT2D eigenvalue weighted by Gasteiger charge is -2.26. The maximum Gasteiger partial charge on any atom is 0.316 e. The molecule has 0 radical (unpaired) electrons. The Bertz CT molecular complexity index is 1080. The first-order chi connectivity index (χ1) is 14.2. The number of ether oxygens (including phenoxy) is 2. The van der Waals surface area contributed by atoms with Gasteiger partial charge < -0.3 is 9.47 Å². The average molecular weight is 460 g/mol. The molecule has 0 bridgehead atoms. The van der Waals surface area contributed by atoms with Crippen LogP contribution in [0.15, 0.2) is 34.1 Å². The van der Waals surface area contributed by atoms with E-state index in [1.807, 2.05) is 6.92 Å². The van der Waals surface area contributed by atoms with Crippen LogP contribution >= 0.6 is 0 Å². The van der Waals surface area contributed by atoms with Gasteiger partial charge in [0.2, 0.25) is 20.0 Å². The molecule has 0 unspecified atom stereocenters. The molecule has 1 aliphatic rings. The van der Waals surface area contributed by atoms with Gasteiger partial charge in [0.05, 0.1) is 36.2 Å². The smallest absolute Gasteiger partial charge is 0.316 e. The molecule has 1 aromatic heterocycles. The maximum absolute atomic E-state index is 12.8. The summed E-state index contributed by atoms with van der Waals surface area (Å²) in [6.45, 7) is 5.22. The Labute approximate surface area is 176 Å². The van der Waals surface area contributed by atoms with E-state index < -0.39 is 26.1 Å². The Morgan fingerprint density at radius 1 is 1.10 bits per heavy atom. The molecule has 0 aliphatic carbocycles. The highest BCUT2D eigenvalue weighted by Crippen LogP contribution is 2.22. The zero-order chi connectivity index (χ0) is 21.9. The number of morpholine rings is 1. The molecule has 2 aromatic rings. The molecular formula is C17H25N5O6S2. The zero-order valence-electron chi connectivity index (χ0n) is 17.0. The van der Waals surface area contributed by atoms with Crippen molar-refractivity contribution in [2.24, 2.45) is 0 Å². The predicted octanol–water partition coefficient (Wildman–Crippen LogP) is 0.367. The molecule has 1 N–H and O–H groups in total. The van der Waals surface area contributed by atoms with E-state index in [9.17, 15) is 16.8 Å². The van der Waals surface area contributed by atoms with Crippen LogP contribution in [0.5, 0.6) is 6.01 Å². The van der Waals surface area contributed by atoms with E-state index >= 15 is 0 Å². The van der Waals surface area contributed by atoms with Crippen molar-refractivity contribution in [1.82, 2.24) is 23.8 Å². The molecule has 0 amide bonds. The summed E-state index contributed by atoms with van der Waals surface area (Å²) in [5.74, 6) is 0.407. The van der Waals surface area contributed by atoms with E-state index in [1.165, 1.54) is 35.7 Å². The summed E-state index contributed by atoms with van der Waals surface area (Å²) in [6.07, 6.45) is 0. The van der Waals surface area contributed by atoms with Crippen LogP contribution in [0, 0.1) is 0 Å². The van der Waals surface area contributed by atoms with E-state index in [2.05, 4.69) is 14.9 Å². The minimum atomic E-state index is -3.92. The van der Waals surface area contributed by atoms with Crippen molar-refractivity contribution in [2.45, 2.75) is 36.2 Å². The molecule has 1 aliphatic heterocycles. The first kappa shape index (κ1) is 22.6. The highest BCUT2D eigenvalue weighted by molar-refractivity contribution is 7.89. The lowest BCUT2D eigenvalue weighted by molar-refractivity contribution is 0.0730. The van der Waals surface area contributed by atoms with Gasteiger partial charge in [0, 0.05) is 19.6 Å². The van der Waals surface area contributed by atoms with Crippen molar-refractivity contribution >= 4 is 20.0 Å². The number of nitrogens with zero attached hydrogens (tertiary/aromatic N) is 4. The fraction of sp³-hybridized carbons (Fsp3) is 0.529.